The highest BCUT2D eigenvalue weighted by molar-refractivity contribution is 6.00. The Bertz CT molecular complexity index is 499. The smallest absolute Gasteiger partial charge is 0.335 e. The normalized spacial score (nSPS) is 9.61. The van der Waals surface area contributed by atoms with E-state index in [9.17, 15) is 14.4 Å². The molecule has 0 saturated carbocycles. The fourth-order valence-corrected chi connectivity index (χ4v) is 1.26. The van der Waals surface area contributed by atoms with Crippen LogP contribution in [0.1, 0.15) is 20.7 Å². The molecule has 0 aliphatic rings. The number of hydrogen-bond acceptors (Lipinski definition) is 4. The van der Waals surface area contributed by atoms with Crippen molar-refractivity contribution in [3.63, 3.8) is 0 Å². The number of likely N-dealkylation sites (N-methyl/N-ethyl adjacent to an activating group) is 1. The van der Waals surface area contributed by atoms with E-state index in [0.29, 0.717) is 0 Å². The maximum Gasteiger partial charge on any atom is 0.335 e. The molecule has 0 saturated heterocycles. The standard InChI is InChI=1S/C11H13N3O4/c1-13-9(15)5-14-10(16)6-2-7(11(17)18)4-8(12)3-6/h2-4H,5,12H2,1H3,(H,13,15)(H,14,16)(H,17,18). The number of carbonyl (C=O) groups is 3. The number of nitrogens with one attached hydrogen (secondary N) is 2. The monoisotopic (exact) mass is 251 g/mol. The summed E-state index contributed by atoms with van der Waals surface area (Å²) >= 11 is 0. The van der Waals surface area contributed by atoms with Crippen molar-refractivity contribution in [1.82, 2.24) is 10.6 Å². The quantitative estimate of drug-likeness (QED) is 0.534. The lowest BCUT2D eigenvalue weighted by Gasteiger charge is -2.06. The molecule has 5 N–H and O–H groups in total. The number of anilines is 1. The summed E-state index contributed by atoms with van der Waals surface area (Å²) in [6.07, 6.45) is 0. The van der Waals surface area contributed by atoms with E-state index >= 15 is 0 Å². The van der Waals surface area contributed by atoms with E-state index < -0.39 is 11.9 Å². The van der Waals surface area contributed by atoms with Crippen LogP contribution < -0.4 is 16.4 Å². The van der Waals surface area contributed by atoms with Crippen LogP contribution in [0.15, 0.2) is 18.2 Å². The number of carboxylic acid groups (broad SMARTS) is 1. The highest BCUT2D eigenvalue weighted by atomic mass is 16.4. The fourth-order valence-electron chi connectivity index (χ4n) is 1.26. The minimum Gasteiger partial charge on any atom is -0.478 e. The molecule has 7 nitrogen and oxygen atoms in total. The Balaban J connectivity index is 2.85. The van der Waals surface area contributed by atoms with Crippen LogP contribution in [0.5, 0.6) is 0 Å². The minimum absolute atomic E-state index is 0.0832. The van der Waals surface area contributed by atoms with Crippen molar-refractivity contribution in [1.29, 1.82) is 0 Å². The first-order valence-electron chi connectivity index (χ1n) is 5.06. The highest BCUT2D eigenvalue weighted by Gasteiger charge is 2.12. The molecule has 0 aliphatic heterocycles. The van der Waals surface area contributed by atoms with Crippen LogP contribution in [0.4, 0.5) is 5.69 Å². The molecule has 0 spiro atoms. The third kappa shape index (κ3) is 3.48. The zero-order chi connectivity index (χ0) is 13.7. The largest absolute Gasteiger partial charge is 0.478 e. The molecular formula is C11H13N3O4. The van der Waals surface area contributed by atoms with Gasteiger partial charge in [0.15, 0.2) is 0 Å². The molecule has 1 aromatic rings. The molecule has 2 amide bonds. The van der Waals surface area contributed by atoms with E-state index in [0.717, 1.165) is 0 Å². The number of aromatic carboxylic acids is 1. The molecule has 0 atom stereocenters. The number of rotatable bonds is 4. The van der Waals surface area contributed by atoms with E-state index in [4.69, 9.17) is 10.8 Å². The molecule has 1 aromatic carbocycles. The van der Waals surface area contributed by atoms with Crippen LogP contribution in [0.25, 0.3) is 0 Å². The number of carbonyl (C=O) groups excluding carboxylic acids is 2. The topological polar surface area (TPSA) is 122 Å². The Morgan fingerprint density at radius 2 is 1.83 bits per heavy atom. The molecule has 0 radical (unpaired) electrons. The maximum absolute atomic E-state index is 11.7. The van der Waals surface area contributed by atoms with Gasteiger partial charge in [0.05, 0.1) is 12.1 Å². The number of benzene rings is 1. The summed E-state index contributed by atoms with van der Waals surface area (Å²) in [6, 6.07) is 3.78. The molecule has 1 rings (SSSR count). The second-order valence-electron chi connectivity index (χ2n) is 3.50. The molecule has 0 unspecified atom stereocenters. The van der Waals surface area contributed by atoms with Gasteiger partial charge >= 0.3 is 5.97 Å². The summed E-state index contributed by atoms with van der Waals surface area (Å²) < 4.78 is 0. The van der Waals surface area contributed by atoms with Gasteiger partial charge < -0.3 is 21.5 Å². The third-order valence-electron chi connectivity index (χ3n) is 2.15. The first-order valence-corrected chi connectivity index (χ1v) is 5.06. The van der Waals surface area contributed by atoms with Crippen molar-refractivity contribution >= 4 is 23.5 Å². The molecule has 0 aliphatic carbocycles. The lowest BCUT2D eigenvalue weighted by molar-refractivity contribution is -0.119. The van der Waals surface area contributed by atoms with Crippen molar-refractivity contribution in [2.75, 3.05) is 19.3 Å². The second-order valence-corrected chi connectivity index (χ2v) is 3.50. The minimum atomic E-state index is -1.18. The average Bonchev–Trinajstić information content (AvgIpc) is 2.34. The Kier molecular flexibility index (Phi) is 4.25. The molecule has 0 bridgehead atoms. The van der Waals surface area contributed by atoms with Crippen LogP contribution in [-0.2, 0) is 4.79 Å². The van der Waals surface area contributed by atoms with Crippen LogP contribution in [0, 0.1) is 0 Å². The lowest BCUT2D eigenvalue weighted by atomic mass is 10.1. The predicted molar refractivity (Wildman–Crippen MR) is 64.2 cm³/mol. The Hall–Kier alpha value is -2.57. The average molecular weight is 251 g/mol. The van der Waals surface area contributed by atoms with E-state index in [2.05, 4.69) is 10.6 Å². The third-order valence-corrected chi connectivity index (χ3v) is 2.15. The SMILES string of the molecule is CNC(=O)CNC(=O)c1cc(N)cc(C(=O)O)c1. The van der Waals surface area contributed by atoms with E-state index in [1.54, 1.807) is 0 Å². The van der Waals surface area contributed by atoms with E-state index in [1.165, 1.54) is 25.2 Å². The molecular weight excluding hydrogens is 238 g/mol. The van der Waals surface area contributed by atoms with E-state index in [-0.39, 0.29) is 29.3 Å². The van der Waals surface area contributed by atoms with Gasteiger partial charge in [0, 0.05) is 18.3 Å². The van der Waals surface area contributed by atoms with Gasteiger partial charge in [0.25, 0.3) is 5.91 Å². The van der Waals surface area contributed by atoms with Crippen LogP contribution >= 0.6 is 0 Å². The van der Waals surface area contributed by atoms with E-state index in [1.807, 2.05) is 0 Å². The van der Waals surface area contributed by atoms with Gasteiger partial charge in [0.2, 0.25) is 5.91 Å². The molecule has 7 heteroatoms. The molecule has 0 heterocycles. The number of hydrogen-bond donors (Lipinski definition) is 4. The molecule has 96 valence electrons. The van der Waals surface area contributed by atoms with Gasteiger partial charge in [-0.2, -0.15) is 0 Å². The Morgan fingerprint density at radius 3 is 2.39 bits per heavy atom. The number of nitrogens with two attached hydrogens (primary N) is 1. The Labute approximate surface area is 103 Å². The van der Waals surface area contributed by atoms with Crippen molar-refractivity contribution < 1.29 is 19.5 Å². The van der Waals surface area contributed by atoms with Gasteiger partial charge in [-0.3, -0.25) is 9.59 Å². The predicted octanol–water partition coefficient (Wildman–Crippen LogP) is -0.557. The summed E-state index contributed by atoms with van der Waals surface area (Å²) in [5, 5.41) is 13.5. The van der Waals surface area contributed by atoms with Gasteiger partial charge in [-0.05, 0) is 18.2 Å². The lowest BCUT2D eigenvalue weighted by Crippen LogP contribution is -2.35. The van der Waals surface area contributed by atoms with Crippen LogP contribution in [-0.4, -0.2) is 36.5 Å². The number of nitrogen functional groups attached to an aromatic ring is 1. The van der Waals surface area contributed by atoms with Gasteiger partial charge in [0.1, 0.15) is 0 Å². The van der Waals surface area contributed by atoms with Gasteiger partial charge in [-0.25, -0.2) is 4.79 Å². The van der Waals surface area contributed by atoms with Crippen molar-refractivity contribution in [2.45, 2.75) is 0 Å². The summed E-state index contributed by atoms with van der Waals surface area (Å²) in [5.41, 5.74) is 5.67. The van der Waals surface area contributed by atoms with Gasteiger partial charge in [-0.1, -0.05) is 0 Å². The van der Waals surface area contributed by atoms with Crippen molar-refractivity contribution in [2.24, 2.45) is 0 Å². The van der Waals surface area contributed by atoms with Gasteiger partial charge in [-0.15, -0.1) is 0 Å². The zero-order valence-electron chi connectivity index (χ0n) is 9.69. The first kappa shape index (κ1) is 13.5. The zero-order valence-corrected chi connectivity index (χ0v) is 9.69. The summed E-state index contributed by atoms with van der Waals surface area (Å²) in [6.45, 7) is -0.188. The molecule has 18 heavy (non-hydrogen) atoms. The van der Waals surface area contributed by atoms with Crippen LogP contribution in [0.2, 0.25) is 0 Å². The molecule has 0 aromatic heterocycles. The Morgan fingerprint density at radius 1 is 1.22 bits per heavy atom. The first-order chi connectivity index (χ1) is 8.43. The number of carboxylic acids is 1. The van der Waals surface area contributed by atoms with Crippen LogP contribution in [0.3, 0.4) is 0 Å². The summed E-state index contributed by atoms with van der Waals surface area (Å²) in [4.78, 5) is 33.4. The van der Waals surface area contributed by atoms with Crippen molar-refractivity contribution in [3.05, 3.63) is 29.3 Å². The maximum atomic E-state index is 11.7. The summed E-state index contributed by atoms with van der Waals surface area (Å²) in [5.74, 6) is -2.10. The number of amides is 2. The fraction of sp³-hybridized carbons (Fsp3) is 0.182. The highest BCUT2D eigenvalue weighted by Crippen LogP contribution is 2.12. The summed E-state index contributed by atoms with van der Waals surface area (Å²) in [7, 11) is 1.44. The molecule has 0 fully saturated rings. The van der Waals surface area contributed by atoms with Crippen molar-refractivity contribution in [3.8, 4) is 0 Å². The second kappa shape index (κ2) is 5.67.